The van der Waals surface area contributed by atoms with Gasteiger partial charge in [0.15, 0.2) is 5.60 Å². The van der Waals surface area contributed by atoms with Crippen LogP contribution in [0.5, 0.6) is 0 Å². The number of halogens is 1. The summed E-state index contributed by atoms with van der Waals surface area (Å²) in [6, 6.07) is 0. The van der Waals surface area contributed by atoms with Gasteiger partial charge in [0.05, 0.1) is 0 Å². The minimum absolute atomic E-state index is 0.00258. The third-order valence-corrected chi connectivity index (χ3v) is 2.86. The zero-order chi connectivity index (χ0) is 8.48. The average molecular weight is 270 g/mol. The minimum atomic E-state index is -0.667. The summed E-state index contributed by atoms with van der Waals surface area (Å²) in [6.07, 6.45) is 1.35. The lowest BCUT2D eigenvalue weighted by Gasteiger charge is -2.18. The van der Waals surface area contributed by atoms with Crippen molar-refractivity contribution in [2.75, 3.05) is 0 Å². The van der Waals surface area contributed by atoms with E-state index in [9.17, 15) is 4.79 Å². The molecule has 1 saturated heterocycles. The number of rotatable bonds is 2. The molecule has 11 heavy (non-hydrogen) atoms. The fourth-order valence-electron chi connectivity index (χ4n) is 1.29. The van der Waals surface area contributed by atoms with E-state index in [4.69, 9.17) is 7.80 Å². The Kier molecular flexibility index (Phi) is 2.74. The molecule has 4 heteroatoms. The third-order valence-electron chi connectivity index (χ3n) is 2.02. The van der Waals surface area contributed by atoms with Gasteiger partial charge in [-0.15, -0.1) is 0 Å². The number of carbonyl (C=O) groups excluding carboxylic acids is 1. The van der Waals surface area contributed by atoms with Gasteiger partial charge in [-0.25, -0.2) is 4.79 Å². The number of carbonyl (C=O) groups is 1. The predicted octanol–water partition coefficient (Wildman–Crippen LogP) is 1.84. The van der Waals surface area contributed by atoms with Crippen LogP contribution in [0.4, 0.5) is 0 Å². The van der Waals surface area contributed by atoms with Crippen molar-refractivity contribution < 1.29 is 12.6 Å². The van der Waals surface area contributed by atoms with Gasteiger partial charge in [0.25, 0.3) is 0 Å². The van der Waals surface area contributed by atoms with Gasteiger partial charge < -0.3 is 4.74 Å². The average Bonchev–Trinajstić information content (AvgIpc) is 2.27. The molecule has 0 aliphatic carbocycles. The largest absolute Gasteiger partial charge is 0.460 e. The van der Waals surface area contributed by atoms with Crippen LogP contribution >= 0.6 is 23.0 Å². The molecule has 1 aliphatic heterocycles. The molecule has 0 N–H and O–H groups in total. The lowest BCUT2D eigenvalue weighted by Crippen LogP contribution is -2.33. The SMILES string of the molecule is CC[C@]1(OI)C[C@@H](C)OC1=O. The molecule has 0 unspecified atom stereocenters. The van der Waals surface area contributed by atoms with E-state index < -0.39 is 5.60 Å². The Morgan fingerprint density at radius 3 is 2.73 bits per heavy atom. The van der Waals surface area contributed by atoms with Crippen molar-refractivity contribution in [2.24, 2.45) is 0 Å². The molecular formula is C7H11IO3. The summed E-state index contributed by atoms with van der Waals surface area (Å²) in [6.45, 7) is 3.81. The normalized spacial score (nSPS) is 37.4. The van der Waals surface area contributed by atoms with E-state index in [1.807, 2.05) is 13.8 Å². The van der Waals surface area contributed by atoms with Gasteiger partial charge in [0, 0.05) is 6.42 Å². The fourth-order valence-corrected chi connectivity index (χ4v) is 1.96. The zero-order valence-corrected chi connectivity index (χ0v) is 8.75. The summed E-state index contributed by atoms with van der Waals surface area (Å²) in [5, 5.41) is 0. The maximum Gasteiger partial charge on any atom is 0.339 e. The van der Waals surface area contributed by atoms with Crippen LogP contribution in [0.25, 0.3) is 0 Å². The third kappa shape index (κ3) is 1.51. The van der Waals surface area contributed by atoms with E-state index in [1.165, 1.54) is 0 Å². The van der Waals surface area contributed by atoms with E-state index in [2.05, 4.69) is 0 Å². The van der Waals surface area contributed by atoms with Crippen molar-refractivity contribution in [1.82, 2.24) is 0 Å². The highest BCUT2D eigenvalue weighted by molar-refractivity contribution is 14.1. The van der Waals surface area contributed by atoms with Crippen LogP contribution in [0, 0.1) is 0 Å². The number of hydrogen-bond donors (Lipinski definition) is 0. The molecule has 0 aromatic carbocycles. The Balaban J connectivity index is 2.76. The van der Waals surface area contributed by atoms with Crippen molar-refractivity contribution in [1.29, 1.82) is 0 Å². The molecule has 1 aliphatic rings. The van der Waals surface area contributed by atoms with Gasteiger partial charge in [-0.05, 0) is 13.3 Å². The first-order valence-electron chi connectivity index (χ1n) is 3.65. The predicted molar refractivity (Wildman–Crippen MR) is 48.3 cm³/mol. The van der Waals surface area contributed by atoms with Crippen LogP contribution < -0.4 is 0 Å². The molecule has 1 fully saturated rings. The number of esters is 1. The van der Waals surface area contributed by atoms with Crippen LogP contribution in [0.3, 0.4) is 0 Å². The fraction of sp³-hybridized carbons (Fsp3) is 0.857. The van der Waals surface area contributed by atoms with E-state index in [0.717, 1.165) is 0 Å². The monoisotopic (exact) mass is 270 g/mol. The van der Waals surface area contributed by atoms with Gasteiger partial charge in [0.1, 0.15) is 29.1 Å². The van der Waals surface area contributed by atoms with Gasteiger partial charge in [-0.3, -0.25) is 3.07 Å². The van der Waals surface area contributed by atoms with Crippen LogP contribution in [0.2, 0.25) is 0 Å². The van der Waals surface area contributed by atoms with Crippen LogP contribution in [-0.2, 0) is 12.6 Å². The van der Waals surface area contributed by atoms with Crippen molar-refractivity contribution in [2.45, 2.75) is 38.4 Å². The number of cyclic esters (lactones) is 1. The molecular weight excluding hydrogens is 259 g/mol. The molecule has 0 amide bonds. The highest BCUT2D eigenvalue weighted by Crippen LogP contribution is 2.33. The van der Waals surface area contributed by atoms with Crippen molar-refractivity contribution in [3.05, 3.63) is 0 Å². The summed E-state index contributed by atoms with van der Waals surface area (Å²) in [4.78, 5) is 11.2. The zero-order valence-electron chi connectivity index (χ0n) is 6.59. The molecule has 0 aromatic heterocycles. The standard InChI is InChI=1S/C7H11IO3/c1-3-7(11-8)4-5(2)10-6(7)9/h5H,3-4H2,1-2H3/t5-,7+/m1/s1. The maximum absolute atomic E-state index is 11.2. The van der Waals surface area contributed by atoms with Crippen LogP contribution in [-0.4, -0.2) is 17.7 Å². The van der Waals surface area contributed by atoms with Crippen molar-refractivity contribution in [3.63, 3.8) is 0 Å². The second-order valence-corrected chi connectivity index (χ2v) is 3.29. The summed E-state index contributed by atoms with van der Waals surface area (Å²) in [7, 11) is 0. The van der Waals surface area contributed by atoms with Gasteiger partial charge in [-0.1, -0.05) is 6.92 Å². The number of ether oxygens (including phenoxy) is 1. The molecule has 1 heterocycles. The van der Waals surface area contributed by atoms with E-state index in [-0.39, 0.29) is 12.1 Å². The summed E-state index contributed by atoms with van der Waals surface area (Å²) < 4.78 is 10.1. The van der Waals surface area contributed by atoms with Crippen LogP contribution in [0.1, 0.15) is 26.7 Å². The summed E-state index contributed by atoms with van der Waals surface area (Å²) in [5.41, 5.74) is -0.667. The maximum atomic E-state index is 11.2. The van der Waals surface area contributed by atoms with Crippen molar-refractivity contribution in [3.8, 4) is 0 Å². The molecule has 3 nitrogen and oxygen atoms in total. The Labute approximate surface area is 80.1 Å². The molecule has 64 valence electrons. The second-order valence-electron chi connectivity index (χ2n) is 2.85. The highest BCUT2D eigenvalue weighted by atomic mass is 127. The second kappa shape index (κ2) is 3.26. The van der Waals surface area contributed by atoms with E-state index in [1.54, 1.807) is 23.0 Å². The summed E-state index contributed by atoms with van der Waals surface area (Å²) >= 11 is 1.77. The molecule has 1 rings (SSSR count). The van der Waals surface area contributed by atoms with Gasteiger partial charge >= 0.3 is 5.97 Å². The Morgan fingerprint density at radius 1 is 1.91 bits per heavy atom. The lowest BCUT2D eigenvalue weighted by atomic mass is 9.97. The molecule has 0 bridgehead atoms. The summed E-state index contributed by atoms with van der Waals surface area (Å²) in [5.74, 6) is -0.220. The first kappa shape index (κ1) is 9.25. The van der Waals surface area contributed by atoms with Gasteiger partial charge in [-0.2, -0.15) is 0 Å². The molecule has 0 spiro atoms. The Hall–Kier alpha value is 0.160. The quantitative estimate of drug-likeness (QED) is 0.567. The first-order valence-corrected chi connectivity index (χ1v) is 4.53. The topological polar surface area (TPSA) is 35.5 Å². The molecule has 0 radical (unpaired) electrons. The smallest absolute Gasteiger partial charge is 0.339 e. The highest BCUT2D eigenvalue weighted by Gasteiger charge is 2.47. The first-order chi connectivity index (χ1) is 5.14. The Bertz CT molecular complexity index is 165. The van der Waals surface area contributed by atoms with Gasteiger partial charge in [0.2, 0.25) is 0 Å². The minimum Gasteiger partial charge on any atom is -0.460 e. The van der Waals surface area contributed by atoms with Crippen LogP contribution in [0.15, 0.2) is 0 Å². The van der Waals surface area contributed by atoms with E-state index >= 15 is 0 Å². The lowest BCUT2D eigenvalue weighted by molar-refractivity contribution is -0.150. The Morgan fingerprint density at radius 2 is 2.55 bits per heavy atom. The van der Waals surface area contributed by atoms with E-state index in [0.29, 0.717) is 12.8 Å². The molecule has 0 aromatic rings. The number of hydrogen-bond acceptors (Lipinski definition) is 3. The van der Waals surface area contributed by atoms with Crippen molar-refractivity contribution >= 4 is 29.0 Å². The molecule has 2 atom stereocenters. The molecule has 0 saturated carbocycles.